The summed E-state index contributed by atoms with van der Waals surface area (Å²) in [6.45, 7) is 6.17. The molecule has 1 atom stereocenters. The van der Waals surface area contributed by atoms with Crippen LogP contribution >= 0.6 is 46.2 Å². The third kappa shape index (κ3) is 5.57. The molecule has 122 valence electrons. The Morgan fingerprint density at radius 3 is 2.61 bits per heavy atom. The average Bonchev–Trinajstić information content (AvgIpc) is 3.13. The maximum Gasteiger partial charge on any atom is 0.175 e. The van der Waals surface area contributed by atoms with Crippen LogP contribution in [0, 0.1) is 24.2 Å². The highest BCUT2D eigenvalue weighted by molar-refractivity contribution is 8.03. The number of rotatable bonds is 8. The lowest BCUT2D eigenvalue weighted by atomic mass is 10.1. The van der Waals surface area contributed by atoms with Crippen LogP contribution in [0.25, 0.3) is 0 Å². The molecule has 0 bridgehead atoms. The second-order valence-electron chi connectivity index (χ2n) is 5.18. The zero-order valence-corrected chi connectivity index (χ0v) is 16.2. The monoisotopic (exact) mass is 384 g/mol. The standard InChI is InChI=1S/C14H16N4OS4/c1-8(2)5-21-13-17-18-14(23-13)22-7-11(19)10(4-15)12-16-9(3)6-20-12/h6,8,10H,5,7H2,1-3H3/t10-/m0/s1. The second-order valence-corrected chi connectivity index (χ2v) is 9.54. The van der Waals surface area contributed by atoms with Gasteiger partial charge in [0.05, 0.1) is 11.8 Å². The molecule has 0 saturated carbocycles. The Bertz CT molecular complexity index is 704. The average molecular weight is 385 g/mol. The van der Waals surface area contributed by atoms with E-state index in [1.165, 1.54) is 34.4 Å². The first kappa shape index (κ1) is 18.4. The van der Waals surface area contributed by atoms with Crippen LogP contribution < -0.4 is 0 Å². The minimum absolute atomic E-state index is 0.140. The van der Waals surface area contributed by atoms with E-state index in [1.807, 2.05) is 12.3 Å². The van der Waals surface area contributed by atoms with Gasteiger partial charge in [-0.2, -0.15) is 5.26 Å². The van der Waals surface area contributed by atoms with E-state index in [0.29, 0.717) is 10.9 Å². The lowest BCUT2D eigenvalue weighted by molar-refractivity contribution is -0.116. The van der Waals surface area contributed by atoms with Crippen LogP contribution in [-0.4, -0.2) is 32.5 Å². The molecule has 0 aliphatic carbocycles. The number of nitrogens with zero attached hydrogens (tertiary/aromatic N) is 4. The van der Waals surface area contributed by atoms with Gasteiger partial charge in [-0.1, -0.05) is 48.7 Å². The number of thiazole rings is 1. The highest BCUT2D eigenvalue weighted by Gasteiger charge is 2.23. The van der Waals surface area contributed by atoms with Crippen molar-refractivity contribution in [3.63, 3.8) is 0 Å². The molecule has 0 aromatic carbocycles. The number of carbonyl (C=O) groups is 1. The minimum atomic E-state index is -0.788. The number of hydrogen-bond acceptors (Lipinski definition) is 9. The van der Waals surface area contributed by atoms with Crippen LogP contribution in [0.1, 0.15) is 30.5 Å². The molecule has 0 N–H and O–H groups in total. The van der Waals surface area contributed by atoms with Gasteiger partial charge in [-0.15, -0.1) is 21.5 Å². The molecule has 0 saturated heterocycles. The van der Waals surface area contributed by atoms with E-state index < -0.39 is 5.92 Å². The fourth-order valence-corrected chi connectivity index (χ4v) is 5.30. The number of carbonyl (C=O) groups excluding carboxylic acids is 1. The van der Waals surface area contributed by atoms with Crippen LogP contribution in [0.5, 0.6) is 0 Å². The Labute approximate surface area is 151 Å². The summed E-state index contributed by atoms with van der Waals surface area (Å²) < 4.78 is 1.68. The van der Waals surface area contributed by atoms with Crippen LogP contribution in [-0.2, 0) is 4.79 Å². The molecule has 2 heterocycles. The van der Waals surface area contributed by atoms with Crippen molar-refractivity contribution in [2.75, 3.05) is 11.5 Å². The van der Waals surface area contributed by atoms with E-state index >= 15 is 0 Å². The van der Waals surface area contributed by atoms with Gasteiger partial charge >= 0.3 is 0 Å². The molecule has 2 aromatic heterocycles. The van der Waals surface area contributed by atoms with E-state index in [1.54, 1.807) is 11.8 Å². The lowest BCUT2D eigenvalue weighted by Gasteiger charge is -2.03. The Balaban J connectivity index is 1.90. The number of nitriles is 1. The van der Waals surface area contributed by atoms with E-state index in [4.69, 9.17) is 0 Å². The third-order valence-electron chi connectivity index (χ3n) is 2.60. The first-order valence-electron chi connectivity index (χ1n) is 6.93. The van der Waals surface area contributed by atoms with Gasteiger partial charge in [0.25, 0.3) is 0 Å². The van der Waals surface area contributed by atoms with Crippen molar-refractivity contribution >= 4 is 52.0 Å². The van der Waals surface area contributed by atoms with Crippen LogP contribution in [0.4, 0.5) is 0 Å². The van der Waals surface area contributed by atoms with Gasteiger partial charge in [0.15, 0.2) is 20.4 Å². The van der Waals surface area contributed by atoms with E-state index in [0.717, 1.165) is 20.1 Å². The minimum Gasteiger partial charge on any atom is -0.297 e. The SMILES string of the molecule is Cc1csc([C@@H](C#N)C(=O)CSc2nnc(SCC(C)C)s2)n1. The topological polar surface area (TPSA) is 79.5 Å². The summed E-state index contributed by atoms with van der Waals surface area (Å²) in [5.74, 6) is 0.875. The molecular weight excluding hydrogens is 368 g/mol. The molecule has 0 aliphatic rings. The van der Waals surface area contributed by atoms with Gasteiger partial charge in [-0.05, 0) is 12.8 Å². The van der Waals surface area contributed by atoms with Gasteiger partial charge in [-0.3, -0.25) is 4.79 Å². The molecule has 0 radical (unpaired) electrons. The van der Waals surface area contributed by atoms with Crippen molar-refractivity contribution in [2.24, 2.45) is 5.92 Å². The van der Waals surface area contributed by atoms with Gasteiger partial charge in [0.1, 0.15) is 5.01 Å². The fraction of sp³-hybridized carbons (Fsp3) is 0.500. The Kier molecular flexibility index (Phi) is 7.02. The molecule has 23 heavy (non-hydrogen) atoms. The van der Waals surface area contributed by atoms with Gasteiger partial charge in [0.2, 0.25) is 0 Å². The number of Topliss-reactive ketones (excluding diaryl/α,β-unsaturated/α-hetero) is 1. The highest BCUT2D eigenvalue weighted by atomic mass is 32.2. The van der Waals surface area contributed by atoms with Gasteiger partial charge in [-0.25, -0.2) is 4.98 Å². The molecule has 0 amide bonds. The largest absolute Gasteiger partial charge is 0.297 e. The van der Waals surface area contributed by atoms with Crippen LogP contribution in [0.3, 0.4) is 0 Å². The van der Waals surface area contributed by atoms with Crippen molar-refractivity contribution < 1.29 is 4.79 Å². The van der Waals surface area contributed by atoms with Crippen molar-refractivity contribution in [1.82, 2.24) is 15.2 Å². The molecule has 2 aromatic rings. The van der Waals surface area contributed by atoms with Crippen molar-refractivity contribution in [2.45, 2.75) is 35.4 Å². The third-order valence-corrected chi connectivity index (χ3v) is 7.27. The van der Waals surface area contributed by atoms with Crippen molar-refractivity contribution in [1.29, 1.82) is 5.26 Å². The second kappa shape index (κ2) is 8.78. The number of ketones is 1. The first-order chi connectivity index (χ1) is 11.0. The van der Waals surface area contributed by atoms with E-state index in [-0.39, 0.29) is 11.5 Å². The molecule has 0 aliphatic heterocycles. The molecule has 0 spiro atoms. The van der Waals surface area contributed by atoms with Gasteiger partial charge < -0.3 is 0 Å². The Morgan fingerprint density at radius 1 is 1.35 bits per heavy atom. The zero-order valence-electron chi connectivity index (χ0n) is 13.0. The molecule has 0 unspecified atom stereocenters. The normalized spacial score (nSPS) is 12.3. The zero-order chi connectivity index (χ0) is 16.8. The first-order valence-corrected chi connectivity index (χ1v) is 10.6. The summed E-state index contributed by atoms with van der Waals surface area (Å²) in [7, 11) is 0. The highest BCUT2D eigenvalue weighted by Crippen LogP contribution is 2.31. The Morgan fingerprint density at radius 2 is 2.04 bits per heavy atom. The predicted octanol–water partition coefficient (Wildman–Crippen LogP) is 4.02. The molecule has 0 fully saturated rings. The van der Waals surface area contributed by atoms with E-state index in [2.05, 4.69) is 35.1 Å². The van der Waals surface area contributed by atoms with Crippen molar-refractivity contribution in [3.8, 4) is 6.07 Å². The molecule has 9 heteroatoms. The summed E-state index contributed by atoms with van der Waals surface area (Å²) >= 11 is 5.86. The number of aryl methyl sites for hydroxylation is 1. The summed E-state index contributed by atoms with van der Waals surface area (Å²) in [5.41, 5.74) is 0.835. The number of aromatic nitrogens is 3. The molecular formula is C14H16N4OS4. The summed E-state index contributed by atoms with van der Waals surface area (Å²) in [4.78, 5) is 16.5. The molecule has 5 nitrogen and oxygen atoms in total. The van der Waals surface area contributed by atoms with Crippen LogP contribution in [0.15, 0.2) is 14.1 Å². The maximum atomic E-state index is 12.3. The maximum absolute atomic E-state index is 12.3. The summed E-state index contributed by atoms with van der Waals surface area (Å²) in [6.07, 6.45) is 0. The predicted molar refractivity (Wildman–Crippen MR) is 96.4 cm³/mol. The summed E-state index contributed by atoms with van der Waals surface area (Å²) in [6, 6.07) is 2.05. The smallest absolute Gasteiger partial charge is 0.175 e. The number of thioether (sulfide) groups is 2. The summed E-state index contributed by atoms with van der Waals surface area (Å²) in [5, 5.41) is 19.9. The lowest BCUT2D eigenvalue weighted by Crippen LogP contribution is -2.13. The van der Waals surface area contributed by atoms with E-state index in [9.17, 15) is 10.1 Å². The van der Waals surface area contributed by atoms with Crippen molar-refractivity contribution in [3.05, 3.63) is 16.1 Å². The van der Waals surface area contributed by atoms with Gasteiger partial charge in [0, 0.05) is 16.8 Å². The van der Waals surface area contributed by atoms with Crippen LogP contribution in [0.2, 0.25) is 0 Å². The number of hydrogen-bond donors (Lipinski definition) is 0. The quantitative estimate of drug-likeness (QED) is 0.636. The molecule has 2 rings (SSSR count). The Hall–Kier alpha value is -0.950. The fourth-order valence-electron chi connectivity index (χ4n) is 1.54.